The Kier molecular flexibility index (Phi) is 2.73. The molecule has 2 rings (SSSR count). The second-order valence-electron chi connectivity index (χ2n) is 4.09. The molecule has 1 atom stereocenters. The molecule has 0 radical (unpaired) electrons. The molecule has 0 bridgehead atoms. The second kappa shape index (κ2) is 4.02. The Balaban J connectivity index is 1.81. The van der Waals surface area contributed by atoms with Crippen molar-refractivity contribution in [2.24, 2.45) is 11.7 Å². The van der Waals surface area contributed by atoms with Crippen LogP contribution in [0.2, 0.25) is 0 Å². The number of aryl methyl sites for hydroxylation is 1. The van der Waals surface area contributed by atoms with Gasteiger partial charge in [-0.1, -0.05) is 5.16 Å². The quantitative estimate of drug-likeness (QED) is 0.776. The fourth-order valence-electron chi connectivity index (χ4n) is 1.52. The summed E-state index contributed by atoms with van der Waals surface area (Å²) in [7, 11) is 0. The van der Waals surface area contributed by atoms with Crippen molar-refractivity contribution in [3.05, 3.63) is 11.8 Å². The normalized spacial score (nSPS) is 17.5. The number of aromatic nitrogens is 1. The van der Waals surface area contributed by atoms with Crippen molar-refractivity contribution < 1.29 is 9.32 Å². The zero-order valence-corrected chi connectivity index (χ0v) is 8.69. The van der Waals surface area contributed by atoms with Gasteiger partial charge in [0, 0.05) is 18.5 Å². The summed E-state index contributed by atoms with van der Waals surface area (Å²) in [4.78, 5) is 11.5. The van der Waals surface area contributed by atoms with Crippen LogP contribution in [0, 0.1) is 12.8 Å². The van der Waals surface area contributed by atoms with E-state index in [1.165, 1.54) is 0 Å². The van der Waals surface area contributed by atoms with E-state index in [9.17, 15) is 4.79 Å². The van der Waals surface area contributed by atoms with Gasteiger partial charge < -0.3 is 10.3 Å². The standard InChI is InChI=1S/C10H15N3O2/c1-6-4-10(15-13-6)12-9(14)5-8(11)7-2-3-7/h4,7-8H,2-3,5,11H2,1H3,(H,12,14). The smallest absolute Gasteiger partial charge is 0.231 e. The number of carbonyl (C=O) groups excluding carboxylic acids is 1. The molecule has 0 spiro atoms. The number of nitrogens with two attached hydrogens (primary N) is 1. The topological polar surface area (TPSA) is 81.2 Å². The first-order chi connectivity index (χ1) is 7.15. The van der Waals surface area contributed by atoms with Crippen molar-refractivity contribution in [1.82, 2.24) is 5.16 Å². The zero-order chi connectivity index (χ0) is 10.8. The molecule has 5 nitrogen and oxygen atoms in total. The predicted molar refractivity (Wildman–Crippen MR) is 55.2 cm³/mol. The number of carbonyl (C=O) groups is 1. The molecule has 1 fully saturated rings. The molecule has 0 aliphatic heterocycles. The van der Waals surface area contributed by atoms with Crippen LogP contribution < -0.4 is 11.1 Å². The molecule has 1 amide bonds. The predicted octanol–water partition coefficient (Wildman–Crippen LogP) is 1.05. The first-order valence-corrected chi connectivity index (χ1v) is 5.14. The number of hydrogen-bond acceptors (Lipinski definition) is 4. The van der Waals surface area contributed by atoms with E-state index >= 15 is 0 Å². The van der Waals surface area contributed by atoms with Crippen LogP contribution in [0.25, 0.3) is 0 Å². The van der Waals surface area contributed by atoms with Crippen LogP contribution in [0.3, 0.4) is 0 Å². The van der Waals surface area contributed by atoms with Crippen molar-refractivity contribution in [3.63, 3.8) is 0 Å². The molecule has 0 aromatic carbocycles. The lowest BCUT2D eigenvalue weighted by molar-refractivity contribution is -0.116. The van der Waals surface area contributed by atoms with Crippen molar-refractivity contribution in [2.45, 2.75) is 32.2 Å². The average molecular weight is 209 g/mol. The van der Waals surface area contributed by atoms with Crippen molar-refractivity contribution >= 4 is 11.8 Å². The van der Waals surface area contributed by atoms with Crippen LogP contribution in [0.5, 0.6) is 0 Å². The summed E-state index contributed by atoms with van der Waals surface area (Å²) < 4.78 is 4.87. The highest BCUT2D eigenvalue weighted by molar-refractivity contribution is 5.89. The summed E-state index contributed by atoms with van der Waals surface area (Å²) >= 11 is 0. The van der Waals surface area contributed by atoms with E-state index in [2.05, 4.69) is 10.5 Å². The lowest BCUT2D eigenvalue weighted by Crippen LogP contribution is -2.28. The molecule has 1 aromatic rings. The second-order valence-corrected chi connectivity index (χ2v) is 4.09. The minimum absolute atomic E-state index is 0.0194. The van der Waals surface area contributed by atoms with Crippen molar-refractivity contribution in [2.75, 3.05) is 5.32 Å². The highest BCUT2D eigenvalue weighted by Crippen LogP contribution is 2.32. The van der Waals surface area contributed by atoms with Gasteiger partial charge in [-0.2, -0.15) is 0 Å². The van der Waals surface area contributed by atoms with E-state index in [0.717, 1.165) is 18.5 Å². The molecular formula is C10H15N3O2. The maximum absolute atomic E-state index is 11.5. The van der Waals surface area contributed by atoms with Gasteiger partial charge in [-0.25, -0.2) is 0 Å². The fourth-order valence-corrected chi connectivity index (χ4v) is 1.52. The first-order valence-electron chi connectivity index (χ1n) is 5.14. The lowest BCUT2D eigenvalue weighted by Gasteiger charge is -2.08. The summed E-state index contributed by atoms with van der Waals surface area (Å²) in [5.41, 5.74) is 6.58. The summed E-state index contributed by atoms with van der Waals surface area (Å²) in [6.45, 7) is 1.80. The molecular weight excluding hydrogens is 194 g/mol. The van der Waals surface area contributed by atoms with E-state index in [-0.39, 0.29) is 11.9 Å². The molecule has 1 aliphatic rings. The zero-order valence-electron chi connectivity index (χ0n) is 8.69. The van der Waals surface area contributed by atoms with E-state index in [1.54, 1.807) is 13.0 Å². The van der Waals surface area contributed by atoms with Crippen LogP contribution >= 0.6 is 0 Å². The van der Waals surface area contributed by atoms with Crippen LogP contribution in [-0.4, -0.2) is 17.1 Å². The third-order valence-electron chi connectivity index (χ3n) is 2.54. The van der Waals surface area contributed by atoms with Gasteiger partial charge in [-0.15, -0.1) is 0 Å². The number of hydrogen-bond donors (Lipinski definition) is 2. The Morgan fingerprint density at radius 1 is 1.80 bits per heavy atom. The van der Waals surface area contributed by atoms with Crippen LogP contribution in [0.15, 0.2) is 10.6 Å². The van der Waals surface area contributed by atoms with E-state index in [4.69, 9.17) is 10.3 Å². The SMILES string of the molecule is Cc1cc(NC(=O)CC(N)C2CC2)on1. The highest BCUT2D eigenvalue weighted by Gasteiger charge is 2.29. The minimum Gasteiger partial charge on any atom is -0.338 e. The average Bonchev–Trinajstić information content (AvgIpc) is 2.92. The molecule has 15 heavy (non-hydrogen) atoms. The number of anilines is 1. The molecule has 1 heterocycles. The number of nitrogens with one attached hydrogen (secondary N) is 1. The molecule has 1 aliphatic carbocycles. The van der Waals surface area contributed by atoms with E-state index in [1.807, 2.05) is 0 Å². The molecule has 82 valence electrons. The molecule has 1 saturated carbocycles. The van der Waals surface area contributed by atoms with Crippen LogP contribution in [0.4, 0.5) is 5.88 Å². The fraction of sp³-hybridized carbons (Fsp3) is 0.600. The number of nitrogens with zero attached hydrogens (tertiary/aromatic N) is 1. The number of rotatable bonds is 4. The third kappa shape index (κ3) is 2.79. The van der Waals surface area contributed by atoms with Gasteiger partial charge >= 0.3 is 0 Å². The molecule has 1 unspecified atom stereocenters. The maximum Gasteiger partial charge on any atom is 0.231 e. The molecule has 3 N–H and O–H groups in total. The maximum atomic E-state index is 11.5. The third-order valence-corrected chi connectivity index (χ3v) is 2.54. The van der Waals surface area contributed by atoms with Gasteiger partial charge in [0.05, 0.1) is 5.69 Å². The molecule has 5 heteroatoms. The van der Waals surface area contributed by atoms with Gasteiger partial charge in [-0.05, 0) is 25.7 Å². The molecule has 1 aromatic heterocycles. The van der Waals surface area contributed by atoms with Crippen molar-refractivity contribution in [1.29, 1.82) is 0 Å². The monoisotopic (exact) mass is 209 g/mol. The van der Waals surface area contributed by atoms with Gasteiger partial charge in [0.1, 0.15) is 0 Å². The van der Waals surface area contributed by atoms with Crippen LogP contribution in [0.1, 0.15) is 25.0 Å². The Bertz CT molecular complexity index is 357. The van der Waals surface area contributed by atoms with Gasteiger partial charge in [0.2, 0.25) is 11.8 Å². The van der Waals surface area contributed by atoms with Gasteiger partial charge in [-0.3, -0.25) is 10.1 Å². The Morgan fingerprint density at radius 2 is 2.53 bits per heavy atom. The Morgan fingerprint density at radius 3 is 3.07 bits per heavy atom. The number of amides is 1. The summed E-state index contributed by atoms with van der Waals surface area (Å²) in [5.74, 6) is 0.818. The lowest BCUT2D eigenvalue weighted by atomic mass is 10.1. The summed E-state index contributed by atoms with van der Waals surface area (Å²) in [5, 5.41) is 6.30. The van der Waals surface area contributed by atoms with Crippen molar-refractivity contribution in [3.8, 4) is 0 Å². The molecule has 0 saturated heterocycles. The Hall–Kier alpha value is -1.36. The van der Waals surface area contributed by atoms with E-state index < -0.39 is 0 Å². The first kappa shape index (κ1) is 10.2. The van der Waals surface area contributed by atoms with E-state index in [0.29, 0.717) is 18.2 Å². The highest BCUT2D eigenvalue weighted by atomic mass is 16.5. The summed E-state index contributed by atoms with van der Waals surface area (Å²) in [6, 6.07) is 1.66. The van der Waals surface area contributed by atoms with Gasteiger partial charge in [0.15, 0.2) is 0 Å². The minimum atomic E-state index is -0.106. The largest absolute Gasteiger partial charge is 0.338 e. The van der Waals surface area contributed by atoms with Crippen LogP contribution in [-0.2, 0) is 4.79 Å². The van der Waals surface area contributed by atoms with Gasteiger partial charge in [0.25, 0.3) is 0 Å². The summed E-state index contributed by atoms with van der Waals surface area (Å²) in [6.07, 6.45) is 2.65. The Labute approximate surface area is 88.0 Å².